The van der Waals surface area contributed by atoms with Crippen LogP contribution >= 0.6 is 0 Å². The molecule has 0 aliphatic carbocycles. The zero-order valence-electron chi connectivity index (χ0n) is 19.3. The Morgan fingerprint density at radius 1 is 0.677 bits per heavy atom. The lowest BCUT2D eigenvalue weighted by Gasteiger charge is -2.29. The van der Waals surface area contributed by atoms with Crippen LogP contribution in [-0.4, -0.2) is 52.2 Å². The second-order valence-electron chi connectivity index (χ2n) is 8.13. The molecule has 0 saturated carbocycles. The summed E-state index contributed by atoms with van der Waals surface area (Å²) in [5.74, 6) is 0.0502. The number of carbonyl (C=O) groups excluding carboxylic acids is 1. The molecule has 0 spiro atoms. The minimum Gasteiger partial charge on any atom is -0.355 e. The second-order valence-corrected chi connectivity index (χ2v) is 8.13. The first-order valence-corrected chi connectivity index (χ1v) is 11.6. The lowest BCUT2D eigenvalue weighted by atomic mass is 9.75. The molecular weight excluding hydrogens is 384 g/mol. The Kier molecular flexibility index (Phi) is 11.9. The number of amides is 1. The van der Waals surface area contributed by atoms with E-state index < -0.39 is 5.41 Å². The monoisotopic (exact) mass is 424 g/mol. The van der Waals surface area contributed by atoms with Gasteiger partial charge in [0, 0.05) is 6.54 Å². The maximum absolute atomic E-state index is 13.2. The van der Waals surface area contributed by atoms with Crippen LogP contribution in [0.1, 0.15) is 43.7 Å². The van der Waals surface area contributed by atoms with Crippen LogP contribution in [0.25, 0.3) is 0 Å². The Morgan fingerprint density at radius 2 is 1.13 bits per heavy atom. The fraction of sp³-hybridized carbons (Fsp3) is 0.500. The molecule has 0 aromatic heterocycles. The van der Waals surface area contributed by atoms with Gasteiger partial charge in [0.15, 0.2) is 0 Å². The molecule has 2 aromatic carbocycles. The van der Waals surface area contributed by atoms with Gasteiger partial charge in [-0.2, -0.15) is 0 Å². The number of nitrogens with one attached hydrogen (secondary N) is 4. The molecule has 0 heterocycles. The molecule has 0 fully saturated rings. The van der Waals surface area contributed by atoms with E-state index in [0.29, 0.717) is 6.54 Å². The lowest BCUT2D eigenvalue weighted by Crippen LogP contribution is -2.43. The number of hydrogen-bond donors (Lipinski definition) is 4. The van der Waals surface area contributed by atoms with Crippen molar-refractivity contribution in [1.29, 1.82) is 0 Å². The minimum absolute atomic E-state index is 0.0502. The summed E-state index contributed by atoms with van der Waals surface area (Å²) in [5, 5.41) is 13.3. The highest BCUT2D eigenvalue weighted by Gasteiger charge is 2.36. The molecular formula is C26H40N4O. The Morgan fingerprint density at radius 3 is 1.61 bits per heavy atom. The molecule has 5 heteroatoms. The van der Waals surface area contributed by atoms with Gasteiger partial charge >= 0.3 is 0 Å². The first kappa shape index (κ1) is 25.1. The summed E-state index contributed by atoms with van der Waals surface area (Å²) in [7, 11) is 1.99. The topological polar surface area (TPSA) is 65.2 Å². The Bertz CT molecular complexity index is 681. The highest BCUT2D eigenvalue weighted by atomic mass is 16.2. The van der Waals surface area contributed by atoms with E-state index in [-0.39, 0.29) is 5.91 Å². The van der Waals surface area contributed by atoms with Crippen molar-refractivity contribution in [2.75, 3.05) is 46.3 Å². The maximum Gasteiger partial charge on any atom is 0.234 e. The summed E-state index contributed by atoms with van der Waals surface area (Å²) >= 11 is 0. The molecule has 4 N–H and O–H groups in total. The Labute approximate surface area is 188 Å². The van der Waals surface area contributed by atoms with Crippen molar-refractivity contribution in [3.8, 4) is 0 Å². The number of rotatable bonds is 16. The molecule has 0 atom stereocenters. The number of hydrogen-bond acceptors (Lipinski definition) is 4. The molecule has 170 valence electrons. The van der Waals surface area contributed by atoms with Crippen molar-refractivity contribution in [3.05, 3.63) is 71.8 Å². The van der Waals surface area contributed by atoms with Crippen molar-refractivity contribution in [3.63, 3.8) is 0 Å². The third-order valence-corrected chi connectivity index (χ3v) is 5.71. The zero-order valence-corrected chi connectivity index (χ0v) is 19.3. The summed E-state index contributed by atoms with van der Waals surface area (Å²) in [4.78, 5) is 13.2. The van der Waals surface area contributed by atoms with Crippen LogP contribution < -0.4 is 21.3 Å². The molecule has 0 bridgehead atoms. The smallest absolute Gasteiger partial charge is 0.234 e. The van der Waals surface area contributed by atoms with E-state index in [0.717, 1.165) is 50.3 Å². The average molecular weight is 425 g/mol. The van der Waals surface area contributed by atoms with Gasteiger partial charge in [0.1, 0.15) is 0 Å². The van der Waals surface area contributed by atoms with Crippen LogP contribution in [0.2, 0.25) is 0 Å². The predicted molar refractivity (Wildman–Crippen MR) is 130 cm³/mol. The van der Waals surface area contributed by atoms with Crippen molar-refractivity contribution < 1.29 is 4.79 Å². The van der Waals surface area contributed by atoms with E-state index >= 15 is 0 Å². The Hall–Kier alpha value is -2.21. The third-order valence-electron chi connectivity index (χ3n) is 5.71. The molecule has 0 saturated heterocycles. The molecule has 2 aromatic rings. The molecule has 1 amide bonds. The van der Waals surface area contributed by atoms with Gasteiger partial charge < -0.3 is 21.3 Å². The standard InChI is InChI=1S/C26H40N4O/c1-26(23-13-5-3-6-14-23,24-15-7-4-8-16-24)25(31)30-22-12-21-29-19-10-9-18-28-20-11-17-27-2/h3-8,13-16,27-29H,9-12,17-22H2,1-2H3,(H,30,31). The van der Waals surface area contributed by atoms with Crippen molar-refractivity contribution in [2.24, 2.45) is 0 Å². The van der Waals surface area contributed by atoms with Gasteiger partial charge in [-0.05, 0) is 83.5 Å². The van der Waals surface area contributed by atoms with E-state index in [1.54, 1.807) is 0 Å². The van der Waals surface area contributed by atoms with E-state index in [1.807, 2.05) is 74.6 Å². The normalized spacial score (nSPS) is 11.4. The van der Waals surface area contributed by atoms with Crippen LogP contribution in [0.5, 0.6) is 0 Å². The Balaban J connectivity index is 1.67. The summed E-state index contributed by atoms with van der Waals surface area (Å²) in [5.41, 5.74) is 1.32. The molecule has 0 aliphatic rings. The minimum atomic E-state index is -0.698. The van der Waals surface area contributed by atoms with Gasteiger partial charge in [0.05, 0.1) is 5.41 Å². The molecule has 0 unspecified atom stereocenters. The highest BCUT2D eigenvalue weighted by molar-refractivity contribution is 5.91. The largest absolute Gasteiger partial charge is 0.355 e. The van der Waals surface area contributed by atoms with Crippen LogP contribution in [0.4, 0.5) is 0 Å². The van der Waals surface area contributed by atoms with Gasteiger partial charge in [0.2, 0.25) is 5.91 Å². The van der Waals surface area contributed by atoms with Crippen LogP contribution in [0.3, 0.4) is 0 Å². The summed E-state index contributed by atoms with van der Waals surface area (Å²) < 4.78 is 0. The van der Waals surface area contributed by atoms with E-state index in [1.165, 1.54) is 19.3 Å². The lowest BCUT2D eigenvalue weighted by molar-refractivity contribution is -0.124. The van der Waals surface area contributed by atoms with Crippen LogP contribution in [0, 0.1) is 0 Å². The van der Waals surface area contributed by atoms with E-state index in [9.17, 15) is 4.79 Å². The first-order chi connectivity index (χ1) is 15.2. The zero-order chi connectivity index (χ0) is 22.2. The van der Waals surface area contributed by atoms with E-state index in [2.05, 4.69) is 21.3 Å². The fourth-order valence-corrected chi connectivity index (χ4v) is 3.70. The first-order valence-electron chi connectivity index (χ1n) is 11.6. The molecule has 0 aliphatic heterocycles. The third kappa shape index (κ3) is 8.44. The number of unbranched alkanes of at least 4 members (excludes halogenated alkanes) is 1. The number of carbonyl (C=O) groups is 1. The van der Waals surface area contributed by atoms with Crippen molar-refractivity contribution in [1.82, 2.24) is 21.3 Å². The summed E-state index contributed by atoms with van der Waals surface area (Å²) in [6.45, 7) is 7.87. The van der Waals surface area contributed by atoms with Crippen molar-refractivity contribution in [2.45, 2.75) is 38.0 Å². The molecule has 0 radical (unpaired) electrons. The summed E-state index contributed by atoms with van der Waals surface area (Å²) in [6.07, 6.45) is 4.46. The molecule has 5 nitrogen and oxygen atoms in total. The van der Waals surface area contributed by atoms with Crippen LogP contribution in [0.15, 0.2) is 60.7 Å². The number of benzene rings is 2. The fourth-order valence-electron chi connectivity index (χ4n) is 3.70. The predicted octanol–water partition coefficient (Wildman–Crippen LogP) is 3.07. The second kappa shape index (κ2) is 14.7. The SMILES string of the molecule is CNCCCNCCCCNCCCNC(=O)C(C)(c1ccccc1)c1ccccc1. The highest BCUT2D eigenvalue weighted by Crippen LogP contribution is 2.32. The van der Waals surface area contributed by atoms with Gasteiger partial charge in [-0.3, -0.25) is 4.79 Å². The molecule has 31 heavy (non-hydrogen) atoms. The van der Waals surface area contributed by atoms with Gasteiger partial charge in [-0.1, -0.05) is 60.7 Å². The van der Waals surface area contributed by atoms with Gasteiger partial charge in [0.25, 0.3) is 0 Å². The van der Waals surface area contributed by atoms with Crippen LogP contribution in [-0.2, 0) is 10.2 Å². The summed E-state index contributed by atoms with van der Waals surface area (Å²) in [6, 6.07) is 20.1. The van der Waals surface area contributed by atoms with Gasteiger partial charge in [-0.25, -0.2) is 0 Å². The maximum atomic E-state index is 13.2. The van der Waals surface area contributed by atoms with Gasteiger partial charge in [-0.15, -0.1) is 0 Å². The quantitative estimate of drug-likeness (QED) is 0.313. The van der Waals surface area contributed by atoms with Crippen molar-refractivity contribution >= 4 is 5.91 Å². The van der Waals surface area contributed by atoms with E-state index in [4.69, 9.17) is 0 Å². The average Bonchev–Trinajstić information content (AvgIpc) is 2.82. The molecule has 2 rings (SSSR count).